The van der Waals surface area contributed by atoms with Crippen LogP contribution in [0.4, 0.5) is 4.39 Å². The summed E-state index contributed by atoms with van der Waals surface area (Å²) in [5.41, 5.74) is 1.75. The van der Waals surface area contributed by atoms with E-state index in [0.717, 1.165) is 29.9 Å². The average molecular weight is 291 g/mol. The van der Waals surface area contributed by atoms with E-state index in [4.69, 9.17) is 4.42 Å². The van der Waals surface area contributed by atoms with Gasteiger partial charge in [-0.3, -0.25) is 0 Å². The summed E-state index contributed by atoms with van der Waals surface area (Å²) in [7, 11) is 0. The van der Waals surface area contributed by atoms with Crippen LogP contribution in [0, 0.1) is 12.7 Å². The highest BCUT2D eigenvalue weighted by Crippen LogP contribution is 2.38. The lowest BCUT2D eigenvalue weighted by Gasteiger charge is -2.20. The van der Waals surface area contributed by atoms with Crippen molar-refractivity contribution in [3.8, 4) is 11.3 Å². The molecule has 1 aliphatic carbocycles. The van der Waals surface area contributed by atoms with Crippen LogP contribution in [0.15, 0.2) is 27.5 Å². The van der Waals surface area contributed by atoms with Crippen LogP contribution in [0.2, 0.25) is 0 Å². The summed E-state index contributed by atoms with van der Waals surface area (Å²) >= 11 is 4.07. The fraction of sp³-hybridized carbons (Fsp3) is 0.438. The van der Waals surface area contributed by atoms with Gasteiger partial charge in [0.15, 0.2) is 11.7 Å². The number of aryl methyl sites for hydroxylation is 1. The van der Waals surface area contributed by atoms with Crippen LogP contribution < -0.4 is 0 Å². The zero-order chi connectivity index (χ0) is 14.1. The molecule has 1 heterocycles. The second-order valence-electron chi connectivity index (χ2n) is 5.45. The zero-order valence-corrected chi connectivity index (χ0v) is 12.4. The molecule has 4 heteroatoms. The van der Waals surface area contributed by atoms with Gasteiger partial charge >= 0.3 is 0 Å². The molecular weight excluding hydrogens is 273 g/mol. The van der Waals surface area contributed by atoms with Gasteiger partial charge in [0.2, 0.25) is 0 Å². The summed E-state index contributed by atoms with van der Waals surface area (Å²) in [6, 6.07) is 4.99. The minimum absolute atomic E-state index is 0.325. The van der Waals surface area contributed by atoms with Crippen molar-refractivity contribution in [3.05, 3.63) is 35.6 Å². The largest absolute Gasteiger partial charge is 0.441 e. The molecule has 1 aromatic carbocycles. The van der Waals surface area contributed by atoms with Crippen LogP contribution in [0.25, 0.3) is 11.3 Å². The molecule has 0 amide bonds. The van der Waals surface area contributed by atoms with E-state index in [0.29, 0.717) is 16.7 Å². The first kappa shape index (κ1) is 13.7. The lowest BCUT2D eigenvalue weighted by Crippen LogP contribution is -2.06. The van der Waals surface area contributed by atoms with Crippen molar-refractivity contribution >= 4 is 12.6 Å². The fourth-order valence-corrected chi connectivity index (χ4v) is 3.09. The number of hydrogen-bond acceptors (Lipinski definition) is 3. The topological polar surface area (TPSA) is 26.0 Å². The number of halogens is 1. The minimum Gasteiger partial charge on any atom is -0.441 e. The van der Waals surface area contributed by atoms with Gasteiger partial charge in [-0.25, -0.2) is 9.37 Å². The van der Waals surface area contributed by atoms with Crippen molar-refractivity contribution in [2.75, 3.05) is 0 Å². The van der Waals surface area contributed by atoms with Crippen molar-refractivity contribution in [2.24, 2.45) is 0 Å². The monoisotopic (exact) mass is 291 g/mol. The third-order valence-corrected chi connectivity index (χ3v) is 4.32. The molecule has 2 nitrogen and oxygen atoms in total. The Morgan fingerprint density at radius 3 is 2.70 bits per heavy atom. The number of rotatable bonds is 2. The average Bonchev–Trinajstić information content (AvgIpc) is 2.85. The summed E-state index contributed by atoms with van der Waals surface area (Å²) in [5, 5.41) is 0. The third-order valence-electron chi connectivity index (χ3n) is 3.96. The van der Waals surface area contributed by atoms with Crippen LogP contribution in [0.5, 0.6) is 0 Å². The molecule has 0 bridgehead atoms. The van der Waals surface area contributed by atoms with Gasteiger partial charge in [0.05, 0.1) is 5.69 Å². The molecule has 0 saturated heterocycles. The Morgan fingerprint density at radius 2 is 2.00 bits per heavy atom. The molecule has 106 valence electrons. The molecule has 1 aromatic heterocycles. The molecule has 0 atom stereocenters. The Morgan fingerprint density at radius 1 is 1.25 bits per heavy atom. The maximum Gasteiger partial charge on any atom is 0.192 e. The van der Waals surface area contributed by atoms with Gasteiger partial charge in [0.1, 0.15) is 5.82 Å². The van der Waals surface area contributed by atoms with Crippen LogP contribution in [0.1, 0.15) is 49.6 Å². The van der Waals surface area contributed by atoms with E-state index in [2.05, 4.69) is 17.6 Å². The van der Waals surface area contributed by atoms with Gasteiger partial charge in [0.25, 0.3) is 0 Å². The van der Waals surface area contributed by atoms with Crippen molar-refractivity contribution < 1.29 is 8.81 Å². The quantitative estimate of drug-likeness (QED) is 0.777. The predicted molar refractivity (Wildman–Crippen MR) is 79.7 cm³/mol. The molecular formula is C16H18FNOS. The maximum atomic E-state index is 13.7. The lowest BCUT2D eigenvalue weighted by molar-refractivity contribution is 0.436. The molecule has 1 fully saturated rings. The molecule has 0 spiro atoms. The summed E-state index contributed by atoms with van der Waals surface area (Å²) < 4.78 is 19.5. The Labute approximate surface area is 123 Å². The van der Waals surface area contributed by atoms with Gasteiger partial charge in [0, 0.05) is 23.3 Å². The summed E-state index contributed by atoms with van der Waals surface area (Å²) in [5.74, 6) is 1.49. The zero-order valence-electron chi connectivity index (χ0n) is 11.5. The van der Waals surface area contributed by atoms with Crippen molar-refractivity contribution in [1.82, 2.24) is 4.98 Å². The van der Waals surface area contributed by atoms with E-state index >= 15 is 0 Å². The van der Waals surface area contributed by atoms with Crippen LogP contribution in [0.3, 0.4) is 0 Å². The van der Waals surface area contributed by atoms with Crippen LogP contribution >= 0.6 is 12.6 Å². The third kappa shape index (κ3) is 2.62. The molecule has 0 aliphatic heterocycles. The number of nitrogens with zero attached hydrogens (tertiary/aromatic N) is 1. The number of aromatic nitrogens is 1. The first-order chi connectivity index (χ1) is 9.65. The van der Waals surface area contributed by atoms with E-state index in [1.54, 1.807) is 6.07 Å². The molecule has 3 rings (SSSR count). The second-order valence-corrected chi connectivity index (χ2v) is 5.93. The van der Waals surface area contributed by atoms with E-state index < -0.39 is 0 Å². The minimum atomic E-state index is -0.325. The Balaban J connectivity index is 2.01. The number of oxazole rings is 1. The van der Waals surface area contributed by atoms with E-state index in [1.165, 1.54) is 25.3 Å². The predicted octanol–water partition coefficient (Wildman–Crippen LogP) is 5.13. The van der Waals surface area contributed by atoms with Crippen molar-refractivity contribution in [3.63, 3.8) is 0 Å². The van der Waals surface area contributed by atoms with Gasteiger partial charge in [-0.15, -0.1) is 12.6 Å². The Bertz CT molecular complexity index is 617. The molecule has 20 heavy (non-hydrogen) atoms. The molecule has 1 aliphatic rings. The highest BCUT2D eigenvalue weighted by atomic mass is 32.1. The van der Waals surface area contributed by atoms with Gasteiger partial charge in [-0.2, -0.15) is 0 Å². The highest BCUT2D eigenvalue weighted by molar-refractivity contribution is 7.80. The second kappa shape index (κ2) is 5.60. The molecule has 0 unspecified atom stereocenters. The van der Waals surface area contributed by atoms with Gasteiger partial charge < -0.3 is 4.42 Å². The first-order valence-corrected chi connectivity index (χ1v) is 7.56. The fourth-order valence-electron chi connectivity index (χ4n) is 2.95. The first-order valence-electron chi connectivity index (χ1n) is 7.11. The Hall–Kier alpha value is -1.29. The Kier molecular flexibility index (Phi) is 3.83. The summed E-state index contributed by atoms with van der Waals surface area (Å²) in [6.45, 7) is 1.85. The standard InChI is InChI=1S/C16H18FNOS/c1-10-18-15(11-5-3-2-4-6-11)16(19-10)12-7-8-14(20)13(17)9-12/h7-9,11,20H,2-6H2,1H3. The SMILES string of the molecule is Cc1nc(C2CCCCC2)c(-c2ccc(S)c(F)c2)o1. The van der Waals surface area contributed by atoms with E-state index in [-0.39, 0.29) is 5.82 Å². The normalized spacial score (nSPS) is 16.6. The van der Waals surface area contributed by atoms with E-state index in [1.807, 2.05) is 13.0 Å². The van der Waals surface area contributed by atoms with Gasteiger partial charge in [-0.1, -0.05) is 19.3 Å². The van der Waals surface area contributed by atoms with Crippen molar-refractivity contribution in [2.45, 2.75) is 49.8 Å². The molecule has 1 saturated carbocycles. The highest BCUT2D eigenvalue weighted by Gasteiger charge is 2.24. The van der Waals surface area contributed by atoms with Crippen LogP contribution in [-0.4, -0.2) is 4.98 Å². The smallest absolute Gasteiger partial charge is 0.192 e. The summed E-state index contributed by atoms with van der Waals surface area (Å²) in [4.78, 5) is 4.91. The van der Waals surface area contributed by atoms with E-state index in [9.17, 15) is 4.39 Å². The van der Waals surface area contributed by atoms with Crippen molar-refractivity contribution in [1.29, 1.82) is 0 Å². The summed E-state index contributed by atoms with van der Waals surface area (Å²) in [6.07, 6.45) is 6.06. The molecule has 0 N–H and O–H groups in total. The lowest BCUT2D eigenvalue weighted by atomic mass is 9.85. The number of thiol groups is 1. The molecule has 0 radical (unpaired) electrons. The van der Waals surface area contributed by atoms with Crippen LogP contribution in [-0.2, 0) is 0 Å². The maximum absolute atomic E-state index is 13.7. The number of benzene rings is 1. The molecule has 2 aromatic rings. The van der Waals surface area contributed by atoms with Gasteiger partial charge in [-0.05, 0) is 31.0 Å². The number of hydrogen-bond donors (Lipinski definition) is 1.